The molecule has 0 aliphatic carbocycles. The Morgan fingerprint density at radius 1 is 1.61 bits per heavy atom. The van der Waals surface area contributed by atoms with Crippen molar-refractivity contribution in [1.82, 2.24) is 15.2 Å². The van der Waals surface area contributed by atoms with Gasteiger partial charge < -0.3 is 15.5 Å². The van der Waals surface area contributed by atoms with Gasteiger partial charge >= 0.3 is 0 Å². The molecular formula is C11H16N4O2S. The molecule has 2 heterocycles. The van der Waals surface area contributed by atoms with E-state index in [1.807, 2.05) is 6.92 Å². The van der Waals surface area contributed by atoms with Crippen molar-refractivity contribution in [2.75, 3.05) is 25.0 Å². The number of hydrogen-bond donors (Lipinski definition) is 2. The summed E-state index contributed by atoms with van der Waals surface area (Å²) in [7, 11) is 0. The fourth-order valence-electron chi connectivity index (χ4n) is 1.86. The molecule has 1 fully saturated rings. The molecule has 6 nitrogen and oxygen atoms in total. The standard InChI is InChI=1S/C11H16N4O2S/c1-7-5-15(4-3-12-7)10(17)9-6-18-11(14-9)13-8(2)16/h6-7,12H,3-5H2,1-2H3,(H,13,14,16). The lowest BCUT2D eigenvalue weighted by Gasteiger charge is -2.31. The fourth-order valence-corrected chi connectivity index (χ4v) is 2.59. The van der Waals surface area contributed by atoms with Crippen LogP contribution >= 0.6 is 11.3 Å². The van der Waals surface area contributed by atoms with Crippen molar-refractivity contribution in [3.05, 3.63) is 11.1 Å². The molecule has 0 radical (unpaired) electrons. The van der Waals surface area contributed by atoms with Gasteiger partial charge in [-0.25, -0.2) is 4.98 Å². The van der Waals surface area contributed by atoms with Crippen molar-refractivity contribution in [2.24, 2.45) is 0 Å². The lowest BCUT2D eigenvalue weighted by molar-refractivity contribution is -0.114. The lowest BCUT2D eigenvalue weighted by atomic mass is 10.2. The van der Waals surface area contributed by atoms with Crippen LogP contribution in [0.15, 0.2) is 5.38 Å². The maximum Gasteiger partial charge on any atom is 0.273 e. The van der Waals surface area contributed by atoms with Crippen molar-refractivity contribution in [3.8, 4) is 0 Å². The third kappa shape index (κ3) is 3.05. The Morgan fingerprint density at radius 3 is 3.06 bits per heavy atom. The van der Waals surface area contributed by atoms with Gasteiger partial charge in [-0.15, -0.1) is 11.3 Å². The molecule has 1 atom stereocenters. The first-order chi connectivity index (χ1) is 8.56. The molecule has 7 heteroatoms. The van der Waals surface area contributed by atoms with Crippen LogP contribution in [0.1, 0.15) is 24.3 Å². The molecule has 1 saturated heterocycles. The van der Waals surface area contributed by atoms with Crippen LogP contribution in [-0.4, -0.2) is 47.4 Å². The average molecular weight is 268 g/mol. The summed E-state index contributed by atoms with van der Waals surface area (Å²) in [6.45, 7) is 5.64. The van der Waals surface area contributed by atoms with Gasteiger partial charge in [-0.2, -0.15) is 0 Å². The minimum absolute atomic E-state index is 0.0730. The number of carbonyl (C=O) groups excluding carboxylic acids is 2. The third-order valence-corrected chi connectivity index (χ3v) is 3.42. The van der Waals surface area contributed by atoms with E-state index in [1.165, 1.54) is 18.3 Å². The summed E-state index contributed by atoms with van der Waals surface area (Å²) in [5, 5.41) is 8.01. The second kappa shape index (κ2) is 5.45. The summed E-state index contributed by atoms with van der Waals surface area (Å²) in [6, 6.07) is 0.302. The Morgan fingerprint density at radius 2 is 2.39 bits per heavy atom. The van der Waals surface area contributed by atoms with Crippen LogP contribution in [0.5, 0.6) is 0 Å². The summed E-state index contributed by atoms with van der Waals surface area (Å²) in [6.07, 6.45) is 0. The maximum atomic E-state index is 12.2. The van der Waals surface area contributed by atoms with E-state index in [0.29, 0.717) is 30.0 Å². The summed E-state index contributed by atoms with van der Waals surface area (Å²) >= 11 is 1.26. The van der Waals surface area contributed by atoms with Crippen LogP contribution < -0.4 is 10.6 Å². The van der Waals surface area contributed by atoms with Gasteiger partial charge in [-0.3, -0.25) is 9.59 Å². The number of nitrogens with one attached hydrogen (secondary N) is 2. The highest BCUT2D eigenvalue weighted by molar-refractivity contribution is 7.14. The molecular weight excluding hydrogens is 252 g/mol. The molecule has 1 aliphatic heterocycles. The van der Waals surface area contributed by atoms with Gasteiger partial charge in [0.1, 0.15) is 5.69 Å². The van der Waals surface area contributed by atoms with Crippen LogP contribution in [0.25, 0.3) is 0 Å². The zero-order chi connectivity index (χ0) is 13.1. The van der Waals surface area contributed by atoms with Crippen molar-refractivity contribution in [1.29, 1.82) is 0 Å². The number of rotatable bonds is 2. The predicted octanol–water partition coefficient (Wildman–Crippen LogP) is 0.535. The van der Waals surface area contributed by atoms with Crippen LogP contribution in [0.2, 0.25) is 0 Å². The SMILES string of the molecule is CC(=O)Nc1nc(C(=O)N2CCNC(C)C2)cs1. The molecule has 98 valence electrons. The number of carbonyl (C=O) groups is 2. The summed E-state index contributed by atoms with van der Waals surface area (Å²) in [5.74, 6) is -0.254. The predicted molar refractivity (Wildman–Crippen MR) is 69.8 cm³/mol. The molecule has 18 heavy (non-hydrogen) atoms. The van der Waals surface area contributed by atoms with Crippen molar-refractivity contribution >= 4 is 28.3 Å². The molecule has 0 saturated carbocycles. The molecule has 2 amide bonds. The molecule has 0 bridgehead atoms. The molecule has 1 unspecified atom stereocenters. The van der Waals surface area contributed by atoms with E-state index in [2.05, 4.69) is 15.6 Å². The smallest absolute Gasteiger partial charge is 0.273 e. The summed E-state index contributed by atoms with van der Waals surface area (Å²) in [5.41, 5.74) is 0.401. The monoisotopic (exact) mass is 268 g/mol. The Bertz CT molecular complexity index is 460. The average Bonchev–Trinajstić information content (AvgIpc) is 2.75. The van der Waals surface area contributed by atoms with E-state index in [1.54, 1.807) is 10.3 Å². The number of thiazole rings is 1. The molecule has 0 aromatic carbocycles. The van der Waals surface area contributed by atoms with Gasteiger partial charge in [0.2, 0.25) is 5.91 Å². The molecule has 1 aromatic rings. The first kappa shape index (κ1) is 13.0. The first-order valence-corrected chi connectivity index (χ1v) is 6.70. The van der Waals surface area contributed by atoms with Gasteiger partial charge in [0.05, 0.1) is 0 Å². The molecule has 0 spiro atoms. The second-order valence-corrected chi connectivity index (χ2v) is 5.18. The Kier molecular flexibility index (Phi) is 3.93. The minimum Gasteiger partial charge on any atom is -0.334 e. The molecule has 2 rings (SSSR count). The highest BCUT2D eigenvalue weighted by atomic mass is 32.1. The Balaban J connectivity index is 2.04. The number of nitrogens with zero attached hydrogens (tertiary/aromatic N) is 2. The zero-order valence-corrected chi connectivity index (χ0v) is 11.2. The van der Waals surface area contributed by atoms with Crippen molar-refractivity contribution in [2.45, 2.75) is 19.9 Å². The van der Waals surface area contributed by atoms with E-state index in [4.69, 9.17) is 0 Å². The number of amides is 2. The first-order valence-electron chi connectivity index (χ1n) is 5.82. The maximum absolute atomic E-state index is 12.2. The number of hydrogen-bond acceptors (Lipinski definition) is 5. The van der Waals surface area contributed by atoms with E-state index >= 15 is 0 Å². The van der Waals surface area contributed by atoms with Gasteiger partial charge in [0, 0.05) is 38.0 Å². The van der Waals surface area contributed by atoms with Crippen LogP contribution in [0, 0.1) is 0 Å². The zero-order valence-electron chi connectivity index (χ0n) is 10.4. The quantitative estimate of drug-likeness (QED) is 0.821. The van der Waals surface area contributed by atoms with E-state index in [9.17, 15) is 9.59 Å². The van der Waals surface area contributed by atoms with Gasteiger partial charge in [-0.05, 0) is 6.92 Å². The van der Waals surface area contributed by atoms with Crippen LogP contribution in [-0.2, 0) is 4.79 Å². The van der Waals surface area contributed by atoms with E-state index in [-0.39, 0.29) is 11.8 Å². The third-order valence-electron chi connectivity index (χ3n) is 2.66. The largest absolute Gasteiger partial charge is 0.334 e. The van der Waals surface area contributed by atoms with E-state index in [0.717, 1.165) is 6.54 Å². The Labute approximate surface area is 109 Å². The molecule has 1 aromatic heterocycles. The van der Waals surface area contributed by atoms with Crippen LogP contribution in [0.4, 0.5) is 5.13 Å². The number of anilines is 1. The Hall–Kier alpha value is -1.47. The fraction of sp³-hybridized carbons (Fsp3) is 0.545. The topological polar surface area (TPSA) is 74.3 Å². The summed E-state index contributed by atoms with van der Waals surface area (Å²) in [4.78, 5) is 29.0. The molecule has 2 N–H and O–H groups in total. The van der Waals surface area contributed by atoms with Gasteiger partial charge in [-0.1, -0.05) is 0 Å². The second-order valence-electron chi connectivity index (χ2n) is 4.33. The summed E-state index contributed by atoms with van der Waals surface area (Å²) < 4.78 is 0. The molecule has 1 aliphatic rings. The number of aromatic nitrogens is 1. The number of piperazine rings is 1. The normalized spacial score (nSPS) is 19.7. The van der Waals surface area contributed by atoms with Crippen LogP contribution in [0.3, 0.4) is 0 Å². The van der Waals surface area contributed by atoms with Crippen molar-refractivity contribution < 1.29 is 9.59 Å². The van der Waals surface area contributed by atoms with Gasteiger partial charge in [0.15, 0.2) is 5.13 Å². The van der Waals surface area contributed by atoms with E-state index < -0.39 is 0 Å². The lowest BCUT2D eigenvalue weighted by Crippen LogP contribution is -2.51. The van der Waals surface area contributed by atoms with Crippen molar-refractivity contribution in [3.63, 3.8) is 0 Å². The highest BCUT2D eigenvalue weighted by Gasteiger charge is 2.23. The van der Waals surface area contributed by atoms with Gasteiger partial charge in [0.25, 0.3) is 5.91 Å². The minimum atomic E-state index is -0.181. The highest BCUT2D eigenvalue weighted by Crippen LogP contribution is 2.17.